The van der Waals surface area contributed by atoms with E-state index in [4.69, 9.17) is 9.47 Å². The first-order chi connectivity index (χ1) is 12.3. The smallest absolute Gasteiger partial charge is 0.217 e. The number of rotatable bonds is 3. The molecule has 142 valence electrons. The SMILES string of the molecule is COc1cccc(F)c1[C@H]1OCCC23C[C@@H](C[C@H]12)C(C)(C)[C@@H]3NC(C)=O. The molecule has 3 fully saturated rings. The van der Waals surface area contributed by atoms with E-state index in [2.05, 4.69) is 19.2 Å². The molecule has 2 saturated carbocycles. The Hall–Kier alpha value is -1.62. The number of hydrogen-bond donors (Lipinski definition) is 1. The van der Waals surface area contributed by atoms with E-state index in [0.717, 1.165) is 19.3 Å². The van der Waals surface area contributed by atoms with Crippen molar-refractivity contribution < 1.29 is 18.7 Å². The van der Waals surface area contributed by atoms with Crippen LogP contribution < -0.4 is 10.1 Å². The monoisotopic (exact) mass is 361 g/mol. The highest BCUT2D eigenvalue weighted by Gasteiger charge is 2.68. The van der Waals surface area contributed by atoms with Crippen LogP contribution in [0.3, 0.4) is 0 Å². The van der Waals surface area contributed by atoms with Crippen LogP contribution in [0.25, 0.3) is 0 Å². The number of amides is 1. The van der Waals surface area contributed by atoms with Gasteiger partial charge in [0.25, 0.3) is 0 Å². The maximum Gasteiger partial charge on any atom is 0.217 e. The Morgan fingerprint density at radius 3 is 2.85 bits per heavy atom. The van der Waals surface area contributed by atoms with Gasteiger partial charge in [-0.05, 0) is 54.1 Å². The zero-order valence-electron chi connectivity index (χ0n) is 16.0. The van der Waals surface area contributed by atoms with E-state index in [-0.39, 0.29) is 40.6 Å². The van der Waals surface area contributed by atoms with Crippen molar-refractivity contribution in [2.24, 2.45) is 22.7 Å². The number of methoxy groups -OCH3 is 1. The molecule has 5 heteroatoms. The van der Waals surface area contributed by atoms with E-state index in [1.54, 1.807) is 26.2 Å². The van der Waals surface area contributed by atoms with Gasteiger partial charge in [0, 0.05) is 19.6 Å². The summed E-state index contributed by atoms with van der Waals surface area (Å²) >= 11 is 0. The number of benzene rings is 1. The van der Waals surface area contributed by atoms with Crippen molar-refractivity contribution in [1.82, 2.24) is 5.32 Å². The molecule has 1 spiro atoms. The van der Waals surface area contributed by atoms with Gasteiger partial charge in [-0.3, -0.25) is 4.79 Å². The van der Waals surface area contributed by atoms with Gasteiger partial charge in [-0.1, -0.05) is 19.9 Å². The van der Waals surface area contributed by atoms with Gasteiger partial charge in [0.2, 0.25) is 5.91 Å². The van der Waals surface area contributed by atoms with Crippen LogP contribution in [0.2, 0.25) is 0 Å². The van der Waals surface area contributed by atoms with Gasteiger partial charge in [-0.25, -0.2) is 4.39 Å². The maximum atomic E-state index is 14.7. The molecule has 1 N–H and O–H groups in total. The van der Waals surface area contributed by atoms with E-state index in [1.165, 1.54) is 6.07 Å². The van der Waals surface area contributed by atoms with Gasteiger partial charge in [0.1, 0.15) is 11.6 Å². The van der Waals surface area contributed by atoms with Gasteiger partial charge < -0.3 is 14.8 Å². The second kappa shape index (κ2) is 5.95. The molecule has 1 aromatic rings. The molecule has 26 heavy (non-hydrogen) atoms. The number of carbonyl (C=O) groups is 1. The van der Waals surface area contributed by atoms with Crippen LogP contribution in [-0.2, 0) is 9.53 Å². The van der Waals surface area contributed by atoms with Crippen LogP contribution in [0.1, 0.15) is 51.7 Å². The highest BCUT2D eigenvalue weighted by Crippen LogP contribution is 2.70. The van der Waals surface area contributed by atoms with Gasteiger partial charge in [-0.2, -0.15) is 0 Å². The number of nitrogens with one attached hydrogen (secondary N) is 1. The minimum Gasteiger partial charge on any atom is -0.496 e. The van der Waals surface area contributed by atoms with E-state index in [1.807, 2.05) is 0 Å². The standard InChI is InChI=1S/C21H28FNO3/c1-12(24)23-19-20(2,3)13-10-14-18(26-9-8-21(14,19)11-13)17-15(22)6-5-7-16(17)25-4/h5-7,13-14,18-19H,8-11H2,1-4H3,(H,23,24)/t13-,14-,18+,19+,21?/m1/s1. The predicted octanol–water partition coefficient (Wildman–Crippen LogP) is 3.85. The van der Waals surface area contributed by atoms with Crippen molar-refractivity contribution >= 4 is 5.91 Å². The lowest BCUT2D eigenvalue weighted by molar-refractivity contribution is -0.136. The molecule has 2 bridgehead atoms. The lowest BCUT2D eigenvalue weighted by atomic mass is 9.58. The van der Waals surface area contributed by atoms with Gasteiger partial charge in [-0.15, -0.1) is 0 Å². The minimum absolute atomic E-state index is 0.00950. The molecular formula is C21H28FNO3. The summed E-state index contributed by atoms with van der Waals surface area (Å²) < 4.78 is 26.3. The topological polar surface area (TPSA) is 47.6 Å². The van der Waals surface area contributed by atoms with Crippen LogP contribution in [-0.4, -0.2) is 25.7 Å². The first kappa shape index (κ1) is 17.8. The fraction of sp³-hybridized carbons (Fsp3) is 0.667. The maximum absolute atomic E-state index is 14.7. The molecule has 1 unspecified atom stereocenters. The average Bonchev–Trinajstić information content (AvgIpc) is 3.07. The van der Waals surface area contributed by atoms with Crippen molar-refractivity contribution in [3.63, 3.8) is 0 Å². The van der Waals surface area contributed by atoms with E-state index < -0.39 is 0 Å². The van der Waals surface area contributed by atoms with Crippen LogP contribution in [0.4, 0.5) is 4.39 Å². The number of halogens is 1. The van der Waals surface area contributed by atoms with Gasteiger partial charge in [0.05, 0.1) is 18.8 Å². The number of hydrogen-bond acceptors (Lipinski definition) is 3. The quantitative estimate of drug-likeness (QED) is 0.889. The summed E-state index contributed by atoms with van der Waals surface area (Å²) in [5.41, 5.74) is 0.547. The molecule has 1 saturated heterocycles. The summed E-state index contributed by atoms with van der Waals surface area (Å²) in [5, 5.41) is 3.25. The van der Waals surface area contributed by atoms with Crippen molar-refractivity contribution in [1.29, 1.82) is 0 Å². The molecule has 1 heterocycles. The molecule has 3 aliphatic rings. The molecule has 2 aliphatic carbocycles. The second-order valence-corrected chi connectivity index (χ2v) is 8.83. The molecule has 1 aliphatic heterocycles. The molecular weight excluding hydrogens is 333 g/mol. The number of fused-ring (bicyclic) bond motifs is 1. The van der Waals surface area contributed by atoms with Crippen molar-refractivity contribution in [3.05, 3.63) is 29.6 Å². The Labute approximate surface area is 154 Å². The Balaban J connectivity index is 1.77. The van der Waals surface area contributed by atoms with Gasteiger partial charge >= 0.3 is 0 Å². The zero-order valence-corrected chi connectivity index (χ0v) is 16.0. The zero-order chi connectivity index (χ0) is 18.7. The molecule has 4 nitrogen and oxygen atoms in total. The molecule has 0 radical (unpaired) electrons. The van der Waals surface area contributed by atoms with Crippen LogP contribution >= 0.6 is 0 Å². The van der Waals surface area contributed by atoms with Crippen LogP contribution in [0, 0.1) is 28.5 Å². The Morgan fingerprint density at radius 2 is 2.15 bits per heavy atom. The fourth-order valence-electron chi connectivity index (χ4n) is 6.25. The third-order valence-corrected chi connectivity index (χ3v) is 7.37. The van der Waals surface area contributed by atoms with E-state index in [0.29, 0.717) is 23.8 Å². The summed E-state index contributed by atoms with van der Waals surface area (Å²) in [4.78, 5) is 11.9. The lowest BCUT2D eigenvalue weighted by Crippen LogP contribution is -2.58. The lowest BCUT2D eigenvalue weighted by Gasteiger charge is -2.53. The fourth-order valence-corrected chi connectivity index (χ4v) is 6.25. The second-order valence-electron chi connectivity index (χ2n) is 8.83. The highest BCUT2D eigenvalue weighted by atomic mass is 19.1. The van der Waals surface area contributed by atoms with Crippen LogP contribution in [0.5, 0.6) is 5.75 Å². The summed E-state index contributed by atoms with van der Waals surface area (Å²) in [6.07, 6.45) is 2.67. The Morgan fingerprint density at radius 1 is 1.38 bits per heavy atom. The van der Waals surface area contributed by atoms with E-state index in [9.17, 15) is 9.18 Å². The summed E-state index contributed by atoms with van der Waals surface area (Å²) in [7, 11) is 1.57. The summed E-state index contributed by atoms with van der Waals surface area (Å²) in [6.45, 7) is 6.69. The Bertz CT molecular complexity index is 734. The molecule has 4 rings (SSSR count). The highest BCUT2D eigenvalue weighted by molar-refractivity contribution is 5.73. The number of carbonyl (C=O) groups excluding carboxylic acids is 1. The predicted molar refractivity (Wildman–Crippen MR) is 96.3 cm³/mol. The third kappa shape index (κ3) is 2.32. The molecule has 1 aromatic carbocycles. The van der Waals surface area contributed by atoms with Gasteiger partial charge in [0.15, 0.2) is 0 Å². The first-order valence-electron chi connectivity index (χ1n) is 9.52. The number of ether oxygens (including phenoxy) is 2. The molecule has 0 aromatic heterocycles. The van der Waals surface area contributed by atoms with Crippen LogP contribution in [0.15, 0.2) is 18.2 Å². The Kier molecular flexibility index (Phi) is 4.07. The minimum atomic E-state index is -0.322. The summed E-state index contributed by atoms with van der Waals surface area (Å²) in [6, 6.07) is 5.04. The normalized spacial score (nSPS) is 37.3. The molecule has 1 amide bonds. The van der Waals surface area contributed by atoms with Crippen molar-refractivity contribution in [2.45, 2.75) is 52.2 Å². The largest absolute Gasteiger partial charge is 0.496 e. The first-order valence-corrected chi connectivity index (χ1v) is 9.52. The summed E-state index contributed by atoms with van der Waals surface area (Å²) in [5.74, 6) is 0.980. The molecule has 5 atom stereocenters. The van der Waals surface area contributed by atoms with E-state index >= 15 is 0 Å². The van der Waals surface area contributed by atoms with Crippen molar-refractivity contribution in [3.8, 4) is 5.75 Å². The average molecular weight is 361 g/mol. The van der Waals surface area contributed by atoms with Crippen molar-refractivity contribution in [2.75, 3.05) is 13.7 Å². The third-order valence-electron chi connectivity index (χ3n) is 7.37.